The summed E-state index contributed by atoms with van der Waals surface area (Å²) in [6.45, 7) is 3.46. The summed E-state index contributed by atoms with van der Waals surface area (Å²) in [6.07, 6.45) is 64.1. The summed E-state index contributed by atoms with van der Waals surface area (Å²) < 4.78 is 32.8. The van der Waals surface area contributed by atoms with Gasteiger partial charge in [-0.25, -0.2) is 4.57 Å². The number of allylic oxidation sites excluding steroid dienone is 18. The zero-order valence-corrected chi connectivity index (χ0v) is 40.4. The second-order valence-electron chi connectivity index (χ2n) is 15.6. The number of phosphoric ester groups is 1. The van der Waals surface area contributed by atoms with E-state index < -0.39 is 32.5 Å². The lowest BCUT2D eigenvalue weighted by Gasteiger charge is -2.19. The van der Waals surface area contributed by atoms with Gasteiger partial charge in [0.05, 0.1) is 13.2 Å². The number of esters is 2. The third kappa shape index (κ3) is 48.0. The number of carbonyl (C=O) groups excluding carboxylic acids is 2. The first-order chi connectivity index (χ1) is 30.8. The predicted molar refractivity (Wildman–Crippen MR) is 265 cm³/mol. The first kappa shape index (κ1) is 59.7. The fourth-order valence-electron chi connectivity index (χ4n) is 6.12. The van der Waals surface area contributed by atoms with Crippen LogP contribution in [-0.4, -0.2) is 49.3 Å². The molecule has 9 nitrogen and oxygen atoms in total. The average Bonchev–Trinajstić information content (AvgIpc) is 3.27. The molecule has 0 saturated carbocycles. The molecule has 0 radical (unpaired) electrons. The van der Waals surface area contributed by atoms with E-state index in [0.29, 0.717) is 12.8 Å². The van der Waals surface area contributed by atoms with Crippen LogP contribution in [0, 0.1) is 0 Å². The largest absolute Gasteiger partial charge is 0.472 e. The van der Waals surface area contributed by atoms with Crippen LogP contribution < -0.4 is 5.73 Å². The van der Waals surface area contributed by atoms with Gasteiger partial charge in [-0.05, 0) is 96.3 Å². The smallest absolute Gasteiger partial charge is 0.462 e. The summed E-state index contributed by atoms with van der Waals surface area (Å²) in [6, 6.07) is 0. The first-order valence-electron chi connectivity index (χ1n) is 24.4. The van der Waals surface area contributed by atoms with Gasteiger partial charge < -0.3 is 20.1 Å². The molecule has 0 aliphatic rings. The standard InChI is InChI=1S/C53H88NO8P/c1-3-5-7-9-11-13-15-17-19-20-21-22-23-24-25-26-27-28-29-30-32-34-36-38-40-42-44-46-53(56)62-51(50-61-63(57,58)60-48-47-54)49-59-52(55)45-43-41-39-37-35-33-31-18-16-14-12-10-8-6-4-2/h5-8,11-14,17-19,21-22,24-25,27-28,31,51H,3-4,9-10,15-16,20,23,26,29-30,32-50,54H2,1-2H3,(H,57,58)/b7-5-,8-6-,13-11-,14-12-,19-17-,22-21-,25-24-,28-27-,31-18-. The Hall–Kier alpha value is -3.33. The number of rotatable bonds is 44. The van der Waals surface area contributed by atoms with Gasteiger partial charge in [0.2, 0.25) is 0 Å². The lowest BCUT2D eigenvalue weighted by molar-refractivity contribution is -0.161. The zero-order chi connectivity index (χ0) is 46.0. The van der Waals surface area contributed by atoms with Crippen LogP contribution in [-0.2, 0) is 32.7 Å². The number of carbonyl (C=O) groups is 2. The summed E-state index contributed by atoms with van der Waals surface area (Å²) >= 11 is 0. The number of nitrogens with two attached hydrogens (primary N) is 1. The fraction of sp³-hybridized carbons (Fsp3) is 0.623. The maximum absolute atomic E-state index is 12.6. The quantitative estimate of drug-likeness (QED) is 0.0265. The topological polar surface area (TPSA) is 134 Å². The molecule has 10 heteroatoms. The summed E-state index contributed by atoms with van der Waals surface area (Å²) in [4.78, 5) is 35.0. The Kier molecular flexibility index (Phi) is 45.6. The Balaban J connectivity index is 4.12. The summed E-state index contributed by atoms with van der Waals surface area (Å²) in [5.41, 5.74) is 5.36. The normalized spacial score (nSPS) is 14.2. The SMILES string of the molecule is CC/C=C\C/C=C\C/C=C\C/C=C\C/C=C\C/C=C\CCCCCCCCCCC(=O)OC(COC(=O)CCCCCCC/C=C\C/C=C\C/C=C\CC)COP(=O)(O)OCCN. The van der Waals surface area contributed by atoms with Crippen LogP contribution in [0.25, 0.3) is 0 Å². The highest BCUT2D eigenvalue weighted by Crippen LogP contribution is 2.43. The highest BCUT2D eigenvalue weighted by molar-refractivity contribution is 7.47. The van der Waals surface area contributed by atoms with Crippen molar-refractivity contribution in [1.82, 2.24) is 0 Å². The maximum Gasteiger partial charge on any atom is 0.472 e. The van der Waals surface area contributed by atoms with E-state index in [9.17, 15) is 19.0 Å². The number of ether oxygens (including phenoxy) is 2. The number of phosphoric acid groups is 1. The van der Waals surface area contributed by atoms with Crippen LogP contribution >= 0.6 is 7.82 Å². The van der Waals surface area contributed by atoms with E-state index in [1.807, 2.05) is 0 Å². The summed E-state index contributed by atoms with van der Waals surface area (Å²) in [5, 5.41) is 0. The minimum atomic E-state index is -4.40. The Morgan fingerprint density at radius 3 is 1.22 bits per heavy atom. The van der Waals surface area contributed by atoms with E-state index in [1.165, 1.54) is 25.7 Å². The summed E-state index contributed by atoms with van der Waals surface area (Å²) in [7, 11) is -4.40. The second-order valence-corrected chi connectivity index (χ2v) is 17.0. The molecule has 0 aromatic heterocycles. The molecule has 0 aromatic carbocycles. The van der Waals surface area contributed by atoms with Crippen molar-refractivity contribution in [3.8, 4) is 0 Å². The van der Waals surface area contributed by atoms with Crippen molar-refractivity contribution in [2.75, 3.05) is 26.4 Å². The molecule has 0 aliphatic heterocycles. The van der Waals surface area contributed by atoms with Crippen molar-refractivity contribution >= 4 is 19.8 Å². The highest BCUT2D eigenvalue weighted by atomic mass is 31.2. The zero-order valence-electron chi connectivity index (χ0n) is 39.5. The number of hydrogen-bond donors (Lipinski definition) is 2. The molecule has 2 unspecified atom stereocenters. The molecule has 3 N–H and O–H groups in total. The third-order valence-electron chi connectivity index (χ3n) is 9.65. The molecule has 0 saturated heterocycles. The molecule has 0 aliphatic carbocycles. The van der Waals surface area contributed by atoms with Gasteiger partial charge >= 0.3 is 19.8 Å². The molecular formula is C53H88NO8P. The van der Waals surface area contributed by atoms with Gasteiger partial charge in [-0.3, -0.25) is 18.6 Å². The average molecular weight is 898 g/mol. The number of unbranched alkanes of at least 4 members (excludes halogenated alkanes) is 13. The van der Waals surface area contributed by atoms with Crippen molar-refractivity contribution in [2.24, 2.45) is 5.73 Å². The van der Waals surface area contributed by atoms with Crippen molar-refractivity contribution in [2.45, 2.75) is 187 Å². The fourth-order valence-corrected chi connectivity index (χ4v) is 6.89. The highest BCUT2D eigenvalue weighted by Gasteiger charge is 2.26. The van der Waals surface area contributed by atoms with Crippen molar-refractivity contribution in [3.05, 3.63) is 109 Å². The molecule has 0 spiro atoms. The van der Waals surface area contributed by atoms with Crippen LogP contribution in [0.5, 0.6) is 0 Å². The van der Waals surface area contributed by atoms with Gasteiger partial charge in [0, 0.05) is 19.4 Å². The first-order valence-corrected chi connectivity index (χ1v) is 25.9. The van der Waals surface area contributed by atoms with E-state index in [1.54, 1.807) is 0 Å². The van der Waals surface area contributed by atoms with E-state index in [0.717, 1.165) is 116 Å². The second kappa shape index (κ2) is 48.1. The van der Waals surface area contributed by atoms with Crippen LogP contribution in [0.15, 0.2) is 109 Å². The Morgan fingerprint density at radius 2 is 0.825 bits per heavy atom. The minimum Gasteiger partial charge on any atom is -0.462 e. The van der Waals surface area contributed by atoms with E-state index in [-0.39, 0.29) is 32.6 Å². The van der Waals surface area contributed by atoms with Crippen LogP contribution in [0.1, 0.15) is 181 Å². The van der Waals surface area contributed by atoms with Gasteiger partial charge in [-0.1, -0.05) is 181 Å². The Labute approximate surface area is 384 Å². The number of hydrogen-bond acceptors (Lipinski definition) is 8. The molecule has 63 heavy (non-hydrogen) atoms. The van der Waals surface area contributed by atoms with E-state index >= 15 is 0 Å². The lowest BCUT2D eigenvalue weighted by Crippen LogP contribution is -2.29. The monoisotopic (exact) mass is 898 g/mol. The molecule has 358 valence electrons. The third-order valence-corrected chi connectivity index (χ3v) is 10.6. The Morgan fingerprint density at radius 1 is 0.476 bits per heavy atom. The Bertz CT molecular complexity index is 1390. The molecule has 0 fully saturated rings. The van der Waals surface area contributed by atoms with Crippen molar-refractivity contribution < 1.29 is 37.6 Å². The van der Waals surface area contributed by atoms with E-state index in [2.05, 4.69) is 123 Å². The molecule has 0 bridgehead atoms. The molecular weight excluding hydrogens is 810 g/mol. The summed E-state index contributed by atoms with van der Waals surface area (Å²) in [5.74, 6) is -0.867. The van der Waals surface area contributed by atoms with Crippen molar-refractivity contribution in [1.29, 1.82) is 0 Å². The van der Waals surface area contributed by atoms with Crippen LogP contribution in [0.4, 0.5) is 0 Å². The lowest BCUT2D eigenvalue weighted by atomic mass is 10.1. The molecule has 0 aromatic rings. The molecule has 2 atom stereocenters. The van der Waals surface area contributed by atoms with Gasteiger partial charge in [-0.15, -0.1) is 0 Å². The minimum absolute atomic E-state index is 0.0432. The van der Waals surface area contributed by atoms with Gasteiger partial charge in [0.1, 0.15) is 6.61 Å². The maximum atomic E-state index is 12.6. The van der Waals surface area contributed by atoms with Crippen LogP contribution in [0.3, 0.4) is 0 Å². The molecule has 0 rings (SSSR count). The molecule has 0 heterocycles. The predicted octanol–water partition coefficient (Wildman–Crippen LogP) is 14.7. The van der Waals surface area contributed by atoms with Crippen molar-refractivity contribution in [3.63, 3.8) is 0 Å². The van der Waals surface area contributed by atoms with Gasteiger partial charge in [-0.2, -0.15) is 0 Å². The van der Waals surface area contributed by atoms with E-state index in [4.69, 9.17) is 24.3 Å². The van der Waals surface area contributed by atoms with Gasteiger partial charge in [0.25, 0.3) is 0 Å². The molecule has 0 amide bonds. The van der Waals surface area contributed by atoms with Gasteiger partial charge in [0.15, 0.2) is 6.10 Å². The van der Waals surface area contributed by atoms with Crippen LogP contribution in [0.2, 0.25) is 0 Å².